The molecule has 17 heavy (non-hydrogen) atoms. The van der Waals surface area contributed by atoms with Crippen molar-refractivity contribution in [2.75, 3.05) is 12.8 Å². The van der Waals surface area contributed by atoms with Crippen LogP contribution >= 0.6 is 0 Å². The minimum Gasteiger partial charge on any atom is -0.496 e. The number of hydrogen-bond donors (Lipinski definition) is 2. The van der Waals surface area contributed by atoms with Gasteiger partial charge in [0, 0.05) is 5.69 Å². The van der Waals surface area contributed by atoms with Crippen LogP contribution in [0, 0.1) is 18.3 Å². The lowest BCUT2D eigenvalue weighted by Crippen LogP contribution is -1.88. The number of nitrogen functional groups attached to an aromatic ring is 1. The first-order valence-electron chi connectivity index (χ1n) is 5.19. The predicted molar refractivity (Wildman–Crippen MR) is 66.6 cm³/mol. The van der Waals surface area contributed by atoms with Crippen LogP contribution in [0.1, 0.15) is 11.1 Å². The van der Waals surface area contributed by atoms with Gasteiger partial charge in [-0.05, 0) is 42.3 Å². The van der Waals surface area contributed by atoms with Gasteiger partial charge in [-0.2, -0.15) is 5.26 Å². The van der Waals surface area contributed by atoms with Gasteiger partial charge in [0.1, 0.15) is 17.6 Å². The average Bonchev–Trinajstić information content (AvgIpc) is 2.70. The zero-order valence-electron chi connectivity index (χ0n) is 9.74. The Balaban J connectivity index is 2.47. The molecule has 4 heteroatoms. The molecule has 0 amide bonds. The van der Waals surface area contributed by atoms with Crippen LogP contribution < -0.4 is 10.5 Å². The Bertz CT molecular complexity index is 593. The quantitative estimate of drug-likeness (QED) is 0.827. The number of ether oxygens (including phenoxy) is 1. The van der Waals surface area contributed by atoms with Gasteiger partial charge in [0.2, 0.25) is 0 Å². The predicted octanol–water partition coefficient (Wildman–Crippen LogP) is 2.45. The fraction of sp³-hybridized carbons (Fsp3) is 0.154. The van der Waals surface area contributed by atoms with Crippen molar-refractivity contribution in [2.24, 2.45) is 0 Å². The van der Waals surface area contributed by atoms with E-state index >= 15 is 0 Å². The molecular formula is C13H13N3O. The molecule has 0 fully saturated rings. The summed E-state index contributed by atoms with van der Waals surface area (Å²) >= 11 is 0. The van der Waals surface area contributed by atoms with E-state index < -0.39 is 0 Å². The third kappa shape index (κ3) is 1.95. The fourth-order valence-electron chi connectivity index (χ4n) is 1.76. The molecule has 0 unspecified atom stereocenters. The van der Waals surface area contributed by atoms with Crippen LogP contribution in [0.25, 0.3) is 11.3 Å². The molecule has 0 aliphatic rings. The molecule has 2 aromatic rings. The molecule has 0 saturated carbocycles. The van der Waals surface area contributed by atoms with E-state index in [0.29, 0.717) is 11.4 Å². The lowest BCUT2D eigenvalue weighted by Gasteiger charge is -2.06. The van der Waals surface area contributed by atoms with Gasteiger partial charge in [-0.25, -0.2) is 0 Å². The summed E-state index contributed by atoms with van der Waals surface area (Å²) in [6, 6.07) is 9.60. The largest absolute Gasteiger partial charge is 0.496 e. The molecule has 0 atom stereocenters. The molecule has 1 heterocycles. The van der Waals surface area contributed by atoms with Gasteiger partial charge >= 0.3 is 0 Å². The van der Waals surface area contributed by atoms with Crippen LogP contribution in [0.4, 0.5) is 5.82 Å². The smallest absolute Gasteiger partial charge is 0.121 e. The fourth-order valence-corrected chi connectivity index (χ4v) is 1.76. The molecule has 0 saturated heterocycles. The monoisotopic (exact) mass is 227 g/mol. The van der Waals surface area contributed by atoms with Crippen molar-refractivity contribution in [3.8, 4) is 23.1 Å². The minimum absolute atomic E-state index is 0.399. The molecule has 0 radical (unpaired) electrons. The molecule has 0 aliphatic carbocycles. The number of anilines is 1. The zero-order valence-corrected chi connectivity index (χ0v) is 9.74. The molecule has 1 aromatic heterocycles. The summed E-state index contributed by atoms with van der Waals surface area (Å²) in [4.78, 5) is 2.99. The molecule has 0 spiro atoms. The summed E-state index contributed by atoms with van der Waals surface area (Å²) in [6.07, 6.45) is 0. The molecule has 3 N–H and O–H groups in total. The van der Waals surface area contributed by atoms with Gasteiger partial charge in [-0.3, -0.25) is 0 Å². The first-order chi connectivity index (χ1) is 8.15. The second-order valence-electron chi connectivity index (χ2n) is 3.81. The van der Waals surface area contributed by atoms with Crippen molar-refractivity contribution in [3.05, 3.63) is 35.4 Å². The van der Waals surface area contributed by atoms with E-state index in [4.69, 9.17) is 15.7 Å². The van der Waals surface area contributed by atoms with Gasteiger partial charge < -0.3 is 15.5 Å². The number of nitrogens with two attached hydrogens (primary N) is 1. The summed E-state index contributed by atoms with van der Waals surface area (Å²) in [5.74, 6) is 1.24. The highest BCUT2D eigenvalue weighted by Crippen LogP contribution is 2.27. The zero-order chi connectivity index (χ0) is 12.4. The highest BCUT2D eigenvalue weighted by Gasteiger charge is 2.08. The van der Waals surface area contributed by atoms with E-state index in [9.17, 15) is 0 Å². The van der Waals surface area contributed by atoms with Crippen molar-refractivity contribution in [2.45, 2.75) is 6.92 Å². The number of nitrogens with zero attached hydrogens (tertiary/aromatic N) is 1. The van der Waals surface area contributed by atoms with E-state index in [-0.39, 0.29) is 0 Å². The number of hydrogen-bond acceptors (Lipinski definition) is 3. The molecule has 0 aliphatic heterocycles. The van der Waals surface area contributed by atoms with Crippen LogP contribution in [-0.4, -0.2) is 12.1 Å². The van der Waals surface area contributed by atoms with Crippen molar-refractivity contribution in [1.29, 1.82) is 5.26 Å². The van der Waals surface area contributed by atoms with Gasteiger partial charge in [-0.1, -0.05) is 0 Å². The van der Waals surface area contributed by atoms with Crippen LogP contribution in [0.3, 0.4) is 0 Å². The maximum Gasteiger partial charge on any atom is 0.121 e. The van der Waals surface area contributed by atoms with Crippen molar-refractivity contribution in [3.63, 3.8) is 0 Å². The Morgan fingerprint density at radius 3 is 2.65 bits per heavy atom. The minimum atomic E-state index is 0.399. The Morgan fingerprint density at radius 2 is 2.12 bits per heavy atom. The summed E-state index contributed by atoms with van der Waals surface area (Å²) in [5.41, 5.74) is 9.01. The summed E-state index contributed by atoms with van der Waals surface area (Å²) in [6.45, 7) is 1.97. The van der Waals surface area contributed by atoms with Crippen molar-refractivity contribution in [1.82, 2.24) is 4.98 Å². The van der Waals surface area contributed by atoms with E-state index in [1.54, 1.807) is 13.2 Å². The molecular weight excluding hydrogens is 214 g/mol. The molecule has 4 nitrogen and oxygen atoms in total. The third-order valence-corrected chi connectivity index (χ3v) is 2.67. The topological polar surface area (TPSA) is 74.8 Å². The molecule has 1 aromatic carbocycles. The number of rotatable bonds is 2. The number of nitrogens with one attached hydrogen (secondary N) is 1. The first-order valence-corrected chi connectivity index (χ1v) is 5.19. The van der Waals surface area contributed by atoms with Crippen LogP contribution in [-0.2, 0) is 0 Å². The number of nitriles is 1. The number of benzene rings is 1. The van der Waals surface area contributed by atoms with Crippen molar-refractivity contribution < 1.29 is 4.74 Å². The standard InChI is InChI=1S/C13H13N3O/c1-8-5-9(3-4-12(8)17-2)11-6-10(7-14)13(15)16-11/h3-6,16H,15H2,1-2H3. The van der Waals surface area contributed by atoms with Crippen LogP contribution in [0.2, 0.25) is 0 Å². The number of H-pyrrole nitrogens is 1. The Kier molecular flexibility index (Phi) is 2.75. The van der Waals surface area contributed by atoms with Gasteiger partial charge in [0.25, 0.3) is 0 Å². The Morgan fingerprint density at radius 1 is 1.35 bits per heavy atom. The number of aromatic nitrogens is 1. The van der Waals surface area contributed by atoms with Crippen LogP contribution in [0.15, 0.2) is 24.3 Å². The second kappa shape index (κ2) is 4.22. The number of methoxy groups -OCH3 is 1. The summed E-state index contributed by atoms with van der Waals surface area (Å²) < 4.78 is 5.20. The van der Waals surface area contributed by atoms with Gasteiger partial charge in [-0.15, -0.1) is 0 Å². The normalized spacial score (nSPS) is 9.94. The van der Waals surface area contributed by atoms with E-state index in [2.05, 4.69) is 4.98 Å². The lowest BCUT2D eigenvalue weighted by molar-refractivity contribution is 0.412. The summed E-state index contributed by atoms with van der Waals surface area (Å²) in [5, 5.41) is 8.85. The van der Waals surface area contributed by atoms with E-state index in [1.807, 2.05) is 31.2 Å². The highest BCUT2D eigenvalue weighted by atomic mass is 16.5. The Hall–Kier alpha value is -2.41. The maximum absolute atomic E-state index is 8.85. The van der Waals surface area contributed by atoms with E-state index in [0.717, 1.165) is 22.6 Å². The number of aryl methyl sites for hydroxylation is 1. The molecule has 2 rings (SSSR count). The van der Waals surface area contributed by atoms with Crippen molar-refractivity contribution >= 4 is 5.82 Å². The van der Waals surface area contributed by atoms with Crippen LogP contribution in [0.5, 0.6) is 5.75 Å². The first kappa shape index (κ1) is 11.1. The highest BCUT2D eigenvalue weighted by molar-refractivity contribution is 5.68. The molecule has 86 valence electrons. The second-order valence-corrected chi connectivity index (χ2v) is 3.81. The van der Waals surface area contributed by atoms with E-state index in [1.165, 1.54) is 0 Å². The summed E-state index contributed by atoms with van der Waals surface area (Å²) in [7, 11) is 1.64. The Labute approximate surface area is 99.6 Å². The number of aromatic amines is 1. The third-order valence-electron chi connectivity index (χ3n) is 2.67. The maximum atomic E-state index is 8.85. The van der Waals surface area contributed by atoms with Gasteiger partial charge in [0.15, 0.2) is 0 Å². The van der Waals surface area contributed by atoms with Gasteiger partial charge in [0.05, 0.1) is 12.7 Å². The average molecular weight is 227 g/mol. The lowest BCUT2D eigenvalue weighted by atomic mass is 10.1. The SMILES string of the molecule is COc1ccc(-c2cc(C#N)c(N)[nH]2)cc1C. The molecule has 0 bridgehead atoms.